The molecule has 2 aliphatic rings. The number of fused-ring (bicyclic) bond motifs is 4. The summed E-state index contributed by atoms with van der Waals surface area (Å²) in [5, 5.41) is 3.96. The van der Waals surface area contributed by atoms with Crippen LogP contribution in [0.5, 0.6) is 34.5 Å². The van der Waals surface area contributed by atoms with E-state index in [1.54, 1.807) is 0 Å². The standard InChI is InChI=1S/C98H88N2O6/c1-67-53-87-93(69(3)99(67)59-71-33-13-5-14-34-71)89(101-61-73-37-17-7-18-38-73)57-91(103-63-75-41-21-9-22-42-75)95(87)83-55-85(97(81-51-31-29-49-79(81)83)105-65-77-45-25-11-26-46-77)86-56-84(80-50-30-32-52-82(80)98(86)106-66-78-47-27-12-28-48-78)96-88-54-68(2)100(60-72-35-15-6-16-36-72)70(4)94(88)90(102-62-74-39-19-8-20-40-74)58-92(96)104-64-76-43-23-10-24-44-76/h5-52,55-58,67-70H,53-54,59-66H2,1-4H3/t67-,68-,69-,70-/m1/s1. The third-order valence-electron chi connectivity index (χ3n) is 21.4. The molecule has 0 bridgehead atoms. The van der Waals surface area contributed by atoms with Gasteiger partial charge in [-0.15, -0.1) is 0 Å². The molecule has 8 nitrogen and oxygen atoms in total. The summed E-state index contributed by atoms with van der Waals surface area (Å²) in [6.45, 7) is 13.1. The van der Waals surface area contributed by atoms with Crippen LogP contribution >= 0.6 is 0 Å². The van der Waals surface area contributed by atoms with Crippen molar-refractivity contribution in [2.45, 2.75) is 117 Å². The van der Waals surface area contributed by atoms with Crippen LogP contribution in [0.4, 0.5) is 0 Å². The average molecular weight is 1390 g/mol. The highest BCUT2D eigenvalue weighted by molar-refractivity contribution is 6.11. The Balaban J connectivity index is 0.989. The zero-order valence-corrected chi connectivity index (χ0v) is 60.7. The Labute approximate surface area is 623 Å². The highest BCUT2D eigenvalue weighted by atomic mass is 16.5. The number of benzene rings is 14. The maximum atomic E-state index is 7.61. The van der Waals surface area contributed by atoms with Crippen molar-refractivity contribution in [2.24, 2.45) is 0 Å². The van der Waals surface area contributed by atoms with E-state index in [1.807, 2.05) is 0 Å². The first-order chi connectivity index (χ1) is 52.2. The molecule has 106 heavy (non-hydrogen) atoms. The van der Waals surface area contributed by atoms with E-state index in [1.165, 1.54) is 22.3 Å². The maximum Gasteiger partial charge on any atom is 0.135 e. The SMILES string of the molecule is C[C@@H]1Cc2c(-c3cc(-c4cc(-c5c(OCc6ccccc6)cc(OCc6ccccc6)c6c5C[C@@H](C)N(Cc5ccccc5)[C@@H]6C)c5ccccc5c4OCc4ccccc4)c(OCc4ccccc4)c4ccccc34)c(OCc3ccccc3)cc(OCc3ccccc3)c2[C@@H](C)N1Cc1ccccc1. The Bertz CT molecular complexity index is 4980. The molecule has 14 aromatic rings. The smallest absolute Gasteiger partial charge is 0.135 e. The van der Waals surface area contributed by atoms with Gasteiger partial charge in [0.05, 0.1) is 0 Å². The summed E-state index contributed by atoms with van der Waals surface area (Å²) in [5.41, 5.74) is 19.4. The molecule has 16 rings (SSSR count). The molecular weight excluding hydrogens is 1300 g/mol. The van der Waals surface area contributed by atoms with Gasteiger partial charge in [-0.3, -0.25) is 9.80 Å². The molecule has 0 N–H and O–H groups in total. The van der Waals surface area contributed by atoms with Crippen LogP contribution in [0.3, 0.4) is 0 Å². The summed E-state index contributed by atoms with van der Waals surface area (Å²) in [4.78, 5) is 5.28. The van der Waals surface area contributed by atoms with E-state index in [2.05, 4.69) is 353 Å². The topological polar surface area (TPSA) is 61.9 Å². The van der Waals surface area contributed by atoms with Crippen LogP contribution in [0.15, 0.2) is 315 Å². The maximum absolute atomic E-state index is 7.61. The molecule has 4 atom stereocenters. The van der Waals surface area contributed by atoms with Crippen molar-refractivity contribution in [3.63, 3.8) is 0 Å². The summed E-state index contributed by atoms with van der Waals surface area (Å²) in [6, 6.07) is 112. The molecule has 0 radical (unpaired) electrons. The van der Waals surface area contributed by atoms with Crippen molar-refractivity contribution in [1.29, 1.82) is 0 Å². The van der Waals surface area contributed by atoms with E-state index < -0.39 is 0 Å². The number of hydrogen-bond donors (Lipinski definition) is 0. The van der Waals surface area contributed by atoms with Crippen molar-refractivity contribution in [2.75, 3.05) is 0 Å². The largest absolute Gasteiger partial charge is 0.488 e. The highest BCUT2D eigenvalue weighted by Crippen LogP contribution is 2.57. The zero-order valence-electron chi connectivity index (χ0n) is 60.7. The van der Waals surface area contributed by atoms with E-state index >= 15 is 0 Å². The van der Waals surface area contributed by atoms with E-state index in [0.29, 0.717) is 39.6 Å². The Morgan fingerprint density at radius 2 is 0.500 bits per heavy atom. The fourth-order valence-electron chi connectivity index (χ4n) is 16.1. The number of ether oxygens (including phenoxy) is 6. The first-order valence-electron chi connectivity index (χ1n) is 37.4. The van der Waals surface area contributed by atoms with E-state index in [9.17, 15) is 0 Å². The van der Waals surface area contributed by atoms with Gasteiger partial charge in [0.25, 0.3) is 0 Å². The molecule has 0 aliphatic carbocycles. The second-order valence-electron chi connectivity index (χ2n) is 28.4. The first-order valence-corrected chi connectivity index (χ1v) is 37.4. The average Bonchev–Trinajstić information content (AvgIpc) is 0.724. The molecule has 0 unspecified atom stereocenters. The minimum atomic E-state index is -0.0675. The molecule has 2 aliphatic heterocycles. The molecule has 0 fully saturated rings. The van der Waals surface area contributed by atoms with Crippen molar-refractivity contribution in [3.8, 4) is 67.9 Å². The van der Waals surface area contributed by atoms with E-state index in [-0.39, 0.29) is 24.2 Å². The monoisotopic (exact) mass is 1390 g/mol. The van der Waals surface area contributed by atoms with Gasteiger partial charge in [0.1, 0.15) is 74.1 Å². The van der Waals surface area contributed by atoms with Gasteiger partial charge in [-0.05, 0) is 130 Å². The number of rotatable bonds is 25. The van der Waals surface area contributed by atoms with Gasteiger partial charge < -0.3 is 28.4 Å². The van der Waals surface area contributed by atoms with Crippen LogP contribution in [-0.4, -0.2) is 21.9 Å². The molecule has 0 aromatic heterocycles. The Hall–Kier alpha value is -11.7. The minimum absolute atomic E-state index is 0.0675. The van der Waals surface area contributed by atoms with Gasteiger partial charge in [-0.25, -0.2) is 0 Å². The van der Waals surface area contributed by atoms with Crippen LogP contribution in [0.2, 0.25) is 0 Å². The zero-order chi connectivity index (χ0) is 71.7. The van der Waals surface area contributed by atoms with Gasteiger partial charge in [-0.1, -0.05) is 291 Å². The summed E-state index contributed by atoms with van der Waals surface area (Å²) in [6.07, 6.45) is 1.43. The van der Waals surface area contributed by atoms with Gasteiger partial charge in [0.2, 0.25) is 0 Å². The quantitative estimate of drug-likeness (QED) is 0.0561. The molecule has 0 saturated carbocycles. The van der Waals surface area contributed by atoms with Gasteiger partial charge in [0, 0.05) is 93.5 Å². The lowest BCUT2D eigenvalue weighted by Crippen LogP contribution is -2.41. The Morgan fingerprint density at radius 1 is 0.255 bits per heavy atom. The second kappa shape index (κ2) is 31.7. The van der Waals surface area contributed by atoms with Crippen LogP contribution < -0.4 is 28.4 Å². The Kier molecular flexibility index (Phi) is 20.6. The summed E-state index contributed by atoms with van der Waals surface area (Å²) >= 11 is 0. The van der Waals surface area contributed by atoms with Crippen molar-refractivity contribution >= 4 is 21.5 Å². The lowest BCUT2D eigenvalue weighted by Gasteiger charge is -2.42. The molecule has 0 amide bonds. The van der Waals surface area contributed by atoms with Gasteiger partial charge >= 0.3 is 0 Å². The lowest BCUT2D eigenvalue weighted by atomic mass is 9.79. The summed E-state index contributed by atoms with van der Waals surface area (Å²) in [7, 11) is 0. The summed E-state index contributed by atoms with van der Waals surface area (Å²) < 4.78 is 44.6. The predicted octanol–water partition coefficient (Wildman–Crippen LogP) is 23.5. The summed E-state index contributed by atoms with van der Waals surface area (Å²) in [5.74, 6) is 4.56. The first kappa shape index (κ1) is 68.7. The third-order valence-corrected chi connectivity index (χ3v) is 21.4. The van der Waals surface area contributed by atoms with Crippen molar-refractivity contribution in [3.05, 3.63) is 382 Å². The molecule has 526 valence electrons. The minimum Gasteiger partial charge on any atom is -0.488 e. The molecule has 0 spiro atoms. The predicted molar refractivity (Wildman–Crippen MR) is 430 cm³/mol. The molecule has 0 saturated heterocycles. The van der Waals surface area contributed by atoms with Crippen LogP contribution in [0, 0.1) is 0 Å². The van der Waals surface area contributed by atoms with Gasteiger partial charge in [-0.2, -0.15) is 0 Å². The van der Waals surface area contributed by atoms with Crippen molar-refractivity contribution < 1.29 is 28.4 Å². The van der Waals surface area contributed by atoms with Crippen LogP contribution in [0.25, 0.3) is 54.9 Å². The normalized spacial score (nSPS) is 15.7. The van der Waals surface area contributed by atoms with Crippen molar-refractivity contribution in [1.82, 2.24) is 9.80 Å². The number of nitrogens with zero attached hydrogens (tertiary/aromatic N) is 2. The Morgan fingerprint density at radius 3 is 0.792 bits per heavy atom. The van der Waals surface area contributed by atoms with Gasteiger partial charge in [0.15, 0.2) is 0 Å². The van der Waals surface area contributed by atoms with Crippen LogP contribution in [-0.2, 0) is 65.6 Å². The van der Waals surface area contributed by atoms with E-state index in [0.717, 1.165) is 160 Å². The van der Waals surface area contributed by atoms with E-state index in [4.69, 9.17) is 28.4 Å². The fourth-order valence-corrected chi connectivity index (χ4v) is 16.1. The molecule has 2 heterocycles. The van der Waals surface area contributed by atoms with Crippen LogP contribution in [0.1, 0.15) is 107 Å². The highest BCUT2D eigenvalue weighted by Gasteiger charge is 2.39. The molecule has 8 heteroatoms. The molecule has 14 aromatic carbocycles. The lowest BCUT2D eigenvalue weighted by molar-refractivity contribution is 0.125. The fraction of sp³-hybridized carbons (Fsp3) is 0.184. The second-order valence-corrected chi connectivity index (χ2v) is 28.4. The third kappa shape index (κ3) is 14.8. The number of hydrogen-bond acceptors (Lipinski definition) is 8. The molecular formula is C98H88N2O6.